The molecule has 0 bridgehead atoms. The van der Waals surface area contributed by atoms with Crippen molar-refractivity contribution in [3.05, 3.63) is 90.0 Å². The van der Waals surface area contributed by atoms with Crippen molar-refractivity contribution in [3.63, 3.8) is 0 Å². The van der Waals surface area contributed by atoms with Crippen LogP contribution in [0.4, 0.5) is 0 Å². The number of rotatable bonds is 9. The molecule has 0 saturated heterocycles. The largest absolute Gasteiger partial charge is 0.497 e. The average molecular weight is 515 g/mol. The number of benzene rings is 3. The molecule has 38 heavy (non-hydrogen) atoms. The third-order valence-corrected chi connectivity index (χ3v) is 7.24. The van der Waals surface area contributed by atoms with Crippen LogP contribution in [0.15, 0.2) is 78.9 Å². The van der Waals surface area contributed by atoms with Gasteiger partial charge in [0, 0.05) is 12.6 Å². The Hall–Kier alpha value is -4.00. The zero-order valence-corrected chi connectivity index (χ0v) is 21.7. The van der Waals surface area contributed by atoms with E-state index in [0.717, 1.165) is 36.8 Å². The van der Waals surface area contributed by atoms with Gasteiger partial charge < -0.3 is 24.4 Å². The van der Waals surface area contributed by atoms with E-state index in [0.29, 0.717) is 30.2 Å². The molecule has 1 aliphatic heterocycles. The molecule has 7 heteroatoms. The van der Waals surface area contributed by atoms with Crippen LogP contribution in [0.5, 0.6) is 17.2 Å². The summed E-state index contributed by atoms with van der Waals surface area (Å²) in [5.74, 6) is 1.36. The lowest BCUT2D eigenvalue weighted by molar-refractivity contribution is -0.148. The molecule has 3 aromatic carbocycles. The van der Waals surface area contributed by atoms with Crippen LogP contribution in [0.3, 0.4) is 0 Å². The predicted octanol–water partition coefficient (Wildman–Crippen LogP) is 4.71. The van der Waals surface area contributed by atoms with Crippen LogP contribution in [0.2, 0.25) is 0 Å². The number of hydrogen-bond acceptors (Lipinski definition) is 5. The van der Waals surface area contributed by atoms with E-state index in [9.17, 15) is 9.59 Å². The number of carbonyl (C=O) groups is 2. The zero-order chi connectivity index (χ0) is 26.3. The monoisotopic (exact) mass is 514 g/mol. The van der Waals surface area contributed by atoms with Gasteiger partial charge in [0.05, 0.1) is 7.11 Å². The van der Waals surface area contributed by atoms with Crippen molar-refractivity contribution >= 4 is 11.8 Å². The Morgan fingerprint density at radius 2 is 1.63 bits per heavy atom. The Bertz CT molecular complexity index is 1220. The quantitative estimate of drug-likeness (QED) is 0.448. The molecule has 1 heterocycles. The van der Waals surface area contributed by atoms with E-state index in [1.807, 2.05) is 72.8 Å². The summed E-state index contributed by atoms with van der Waals surface area (Å²) in [6, 6.07) is 23.9. The molecule has 1 aliphatic carbocycles. The normalized spacial score (nSPS) is 17.4. The molecule has 1 fully saturated rings. The van der Waals surface area contributed by atoms with Crippen LogP contribution in [0, 0.1) is 0 Å². The molecule has 1 N–H and O–H groups in total. The van der Waals surface area contributed by atoms with Crippen molar-refractivity contribution in [2.45, 2.75) is 50.3 Å². The third-order valence-electron chi connectivity index (χ3n) is 7.24. The molecule has 0 spiro atoms. The second-order valence-electron chi connectivity index (χ2n) is 9.80. The van der Waals surface area contributed by atoms with Crippen molar-refractivity contribution in [1.29, 1.82) is 0 Å². The molecule has 1 saturated carbocycles. The van der Waals surface area contributed by atoms with Crippen LogP contribution in [0.25, 0.3) is 0 Å². The summed E-state index contributed by atoms with van der Waals surface area (Å²) in [6.45, 7) is 0.427. The molecular formula is C31H34N2O5. The van der Waals surface area contributed by atoms with E-state index in [1.54, 1.807) is 18.1 Å². The van der Waals surface area contributed by atoms with E-state index < -0.39 is 12.1 Å². The van der Waals surface area contributed by atoms with Gasteiger partial charge in [0.25, 0.3) is 5.91 Å². The summed E-state index contributed by atoms with van der Waals surface area (Å²) < 4.78 is 17.3. The van der Waals surface area contributed by atoms with Gasteiger partial charge in [0.2, 0.25) is 12.0 Å². The molecule has 5 rings (SSSR count). The minimum Gasteiger partial charge on any atom is -0.497 e. The molecule has 2 amide bonds. The van der Waals surface area contributed by atoms with Crippen LogP contribution in [-0.4, -0.2) is 49.1 Å². The van der Waals surface area contributed by atoms with E-state index in [1.165, 1.54) is 0 Å². The predicted molar refractivity (Wildman–Crippen MR) is 144 cm³/mol. The number of carbonyl (C=O) groups excluding carboxylic acids is 2. The van der Waals surface area contributed by atoms with Crippen molar-refractivity contribution in [3.8, 4) is 17.2 Å². The number of methoxy groups -OCH3 is 1. The molecule has 2 atom stereocenters. The fourth-order valence-electron chi connectivity index (χ4n) is 5.20. The Labute approximate surface area is 223 Å². The molecule has 0 aromatic heterocycles. The van der Waals surface area contributed by atoms with Gasteiger partial charge in [0.1, 0.15) is 18.4 Å². The van der Waals surface area contributed by atoms with Crippen LogP contribution in [-0.2, 0) is 16.0 Å². The maximum Gasteiger partial charge on any atom is 0.268 e. The third kappa shape index (κ3) is 5.93. The Morgan fingerprint density at radius 3 is 2.34 bits per heavy atom. The first-order valence-electron chi connectivity index (χ1n) is 13.3. The van der Waals surface area contributed by atoms with Gasteiger partial charge in [0.15, 0.2) is 11.5 Å². The summed E-state index contributed by atoms with van der Waals surface area (Å²) >= 11 is 0. The molecule has 3 aromatic rings. The molecule has 0 radical (unpaired) electrons. The number of hydrogen-bond donors (Lipinski definition) is 1. The van der Waals surface area contributed by atoms with Gasteiger partial charge in [-0.05, 0) is 54.7 Å². The van der Waals surface area contributed by atoms with E-state index in [4.69, 9.17) is 14.2 Å². The first-order valence-corrected chi connectivity index (χ1v) is 13.3. The summed E-state index contributed by atoms with van der Waals surface area (Å²) in [5.41, 5.74) is 1.81. The highest BCUT2D eigenvalue weighted by Crippen LogP contribution is 2.33. The number of nitrogens with zero attached hydrogens (tertiary/aromatic N) is 1. The first-order chi connectivity index (χ1) is 18.6. The SMILES string of the molecule is COc1ccc([C@H](C(=O)NC2CCCC2)N(CCc2ccccc2)C(=O)[C@H]2COc3ccccc3O2)cc1. The van der Waals surface area contributed by atoms with E-state index in [-0.39, 0.29) is 24.5 Å². The second-order valence-corrected chi connectivity index (χ2v) is 9.80. The number of ether oxygens (including phenoxy) is 3. The lowest BCUT2D eigenvalue weighted by Crippen LogP contribution is -2.52. The lowest BCUT2D eigenvalue weighted by atomic mass is 10.0. The van der Waals surface area contributed by atoms with Gasteiger partial charge >= 0.3 is 0 Å². The molecular weight excluding hydrogens is 480 g/mol. The summed E-state index contributed by atoms with van der Waals surface area (Å²) in [6.07, 6.45) is 3.84. The number of para-hydroxylation sites is 2. The van der Waals surface area contributed by atoms with Gasteiger partial charge in [-0.15, -0.1) is 0 Å². The molecule has 198 valence electrons. The van der Waals surface area contributed by atoms with Gasteiger partial charge in [-0.2, -0.15) is 0 Å². The van der Waals surface area contributed by atoms with Crippen molar-refractivity contribution in [2.75, 3.05) is 20.3 Å². The minimum absolute atomic E-state index is 0.0806. The van der Waals surface area contributed by atoms with Crippen molar-refractivity contribution < 1.29 is 23.8 Å². The standard InChI is InChI=1S/C31H34N2O5/c1-36-25-17-15-23(16-18-25)29(30(34)32-24-11-5-6-12-24)33(20-19-22-9-3-2-4-10-22)31(35)28-21-37-26-13-7-8-14-27(26)38-28/h2-4,7-10,13-18,24,28-29H,5-6,11-12,19-21H2,1H3,(H,32,34)/t28-,29-/m1/s1. The summed E-state index contributed by atoms with van der Waals surface area (Å²) in [4.78, 5) is 29.7. The van der Waals surface area contributed by atoms with Gasteiger partial charge in [-0.3, -0.25) is 9.59 Å². The maximum absolute atomic E-state index is 14.1. The molecule has 7 nitrogen and oxygen atoms in total. The fraction of sp³-hybridized carbons (Fsp3) is 0.355. The molecule has 0 unspecified atom stereocenters. The van der Waals surface area contributed by atoms with Crippen molar-refractivity contribution in [1.82, 2.24) is 10.2 Å². The van der Waals surface area contributed by atoms with E-state index in [2.05, 4.69) is 5.32 Å². The Kier molecular flexibility index (Phi) is 8.12. The highest BCUT2D eigenvalue weighted by molar-refractivity contribution is 5.91. The van der Waals surface area contributed by atoms with E-state index >= 15 is 0 Å². The van der Waals surface area contributed by atoms with Gasteiger partial charge in [-0.1, -0.05) is 67.4 Å². The van der Waals surface area contributed by atoms with Crippen LogP contribution < -0.4 is 19.5 Å². The van der Waals surface area contributed by atoms with Crippen LogP contribution in [0.1, 0.15) is 42.9 Å². The smallest absolute Gasteiger partial charge is 0.268 e. The lowest BCUT2D eigenvalue weighted by Gasteiger charge is -2.36. The Balaban J connectivity index is 1.47. The highest BCUT2D eigenvalue weighted by atomic mass is 16.6. The highest BCUT2D eigenvalue weighted by Gasteiger charge is 2.38. The Morgan fingerprint density at radius 1 is 0.947 bits per heavy atom. The zero-order valence-electron chi connectivity index (χ0n) is 21.7. The average Bonchev–Trinajstić information content (AvgIpc) is 3.48. The number of nitrogens with one attached hydrogen (secondary N) is 1. The maximum atomic E-state index is 14.1. The number of fused-ring (bicyclic) bond motifs is 1. The summed E-state index contributed by atoms with van der Waals surface area (Å²) in [7, 11) is 1.60. The topological polar surface area (TPSA) is 77.1 Å². The first kappa shape index (κ1) is 25.6. The molecule has 2 aliphatic rings. The number of amides is 2. The van der Waals surface area contributed by atoms with Gasteiger partial charge in [-0.25, -0.2) is 0 Å². The summed E-state index contributed by atoms with van der Waals surface area (Å²) in [5, 5.41) is 3.22. The van der Waals surface area contributed by atoms with Crippen LogP contribution >= 0.6 is 0 Å². The second kappa shape index (κ2) is 12.0. The van der Waals surface area contributed by atoms with Crippen molar-refractivity contribution in [2.24, 2.45) is 0 Å². The fourth-order valence-corrected chi connectivity index (χ4v) is 5.20. The minimum atomic E-state index is -0.860.